The van der Waals surface area contributed by atoms with Crippen LogP contribution in [-0.2, 0) is 12.8 Å². The third-order valence-corrected chi connectivity index (χ3v) is 5.12. The number of benzene rings is 1. The van der Waals surface area contributed by atoms with Crippen molar-refractivity contribution in [3.05, 3.63) is 39.1 Å². The smallest absolute Gasteiger partial charge is 0.0738 e. The zero-order valence-electron chi connectivity index (χ0n) is 10.1. The number of anilines is 1. The van der Waals surface area contributed by atoms with Crippen LogP contribution in [0, 0.1) is 6.92 Å². The van der Waals surface area contributed by atoms with E-state index in [2.05, 4.69) is 21.0 Å². The zero-order valence-corrected chi connectivity index (χ0v) is 13.2. The van der Waals surface area contributed by atoms with Gasteiger partial charge in [-0.3, -0.25) is 4.68 Å². The molecular weight excluding hydrogens is 334 g/mol. The summed E-state index contributed by atoms with van der Waals surface area (Å²) < 4.78 is 2.95. The van der Waals surface area contributed by atoms with Gasteiger partial charge in [0.2, 0.25) is 0 Å². The molecule has 0 aliphatic carbocycles. The van der Waals surface area contributed by atoms with Crippen LogP contribution >= 0.6 is 39.3 Å². The molecule has 6 heteroatoms. The lowest BCUT2D eigenvalue weighted by Gasteiger charge is -2.06. The molecule has 0 aliphatic rings. The lowest BCUT2D eigenvalue weighted by atomic mass is 10.3. The van der Waals surface area contributed by atoms with Crippen LogP contribution in [0.5, 0.6) is 0 Å². The Morgan fingerprint density at radius 2 is 2.22 bits per heavy atom. The molecule has 0 aliphatic heterocycles. The minimum absolute atomic E-state index is 0.682. The fourth-order valence-electron chi connectivity index (χ4n) is 1.62. The predicted octanol–water partition coefficient (Wildman–Crippen LogP) is 4.02. The molecule has 2 N–H and O–H groups in total. The third-order valence-electron chi connectivity index (χ3n) is 2.58. The molecular formula is C12H13BrClN3S. The van der Waals surface area contributed by atoms with E-state index in [9.17, 15) is 0 Å². The summed E-state index contributed by atoms with van der Waals surface area (Å²) in [6.07, 6.45) is 0. The molecule has 0 radical (unpaired) electrons. The Morgan fingerprint density at radius 3 is 2.78 bits per heavy atom. The van der Waals surface area contributed by atoms with Gasteiger partial charge in [0.05, 0.1) is 20.9 Å². The van der Waals surface area contributed by atoms with Gasteiger partial charge in [-0.2, -0.15) is 5.10 Å². The van der Waals surface area contributed by atoms with Gasteiger partial charge in [-0.1, -0.05) is 11.6 Å². The summed E-state index contributed by atoms with van der Waals surface area (Å²) in [5.74, 6) is 0.807. The lowest BCUT2D eigenvalue weighted by Crippen LogP contribution is -1.96. The molecule has 0 fully saturated rings. The van der Waals surface area contributed by atoms with Crippen molar-refractivity contribution < 1.29 is 0 Å². The molecule has 0 bridgehead atoms. The number of nitrogen functional groups attached to an aromatic ring is 1. The normalized spacial score (nSPS) is 10.9. The number of hydrogen-bond donors (Lipinski definition) is 1. The highest BCUT2D eigenvalue weighted by atomic mass is 79.9. The summed E-state index contributed by atoms with van der Waals surface area (Å²) in [5, 5.41) is 5.05. The highest BCUT2D eigenvalue weighted by Gasteiger charge is 2.11. The van der Waals surface area contributed by atoms with Gasteiger partial charge in [-0.05, 0) is 41.1 Å². The van der Waals surface area contributed by atoms with Gasteiger partial charge in [-0.25, -0.2) is 0 Å². The molecule has 1 heterocycles. The van der Waals surface area contributed by atoms with E-state index in [1.165, 1.54) is 0 Å². The second-order valence-electron chi connectivity index (χ2n) is 3.95. The molecule has 0 unspecified atom stereocenters. The average Bonchev–Trinajstić information content (AvgIpc) is 2.53. The maximum atomic E-state index is 6.15. The second-order valence-corrected chi connectivity index (χ2v) is 6.17. The molecule has 96 valence electrons. The first-order valence-corrected chi connectivity index (χ1v) is 7.50. The van der Waals surface area contributed by atoms with Gasteiger partial charge in [0, 0.05) is 23.4 Å². The van der Waals surface area contributed by atoms with E-state index >= 15 is 0 Å². The number of halogens is 2. The van der Waals surface area contributed by atoms with Gasteiger partial charge in [0.15, 0.2) is 0 Å². The van der Waals surface area contributed by atoms with E-state index in [-0.39, 0.29) is 0 Å². The van der Waals surface area contributed by atoms with Gasteiger partial charge >= 0.3 is 0 Å². The molecule has 1 aromatic heterocycles. The third kappa shape index (κ3) is 2.84. The monoisotopic (exact) mass is 345 g/mol. The number of rotatable bonds is 3. The van der Waals surface area contributed by atoms with Crippen molar-refractivity contribution >= 4 is 45.0 Å². The van der Waals surface area contributed by atoms with E-state index < -0.39 is 0 Å². The minimum atomic E-state index is 0.682. The van der Waals surface area contributed by atoms with E-state index in [0.717, 1.165) is 26.5 Å². The average molecular weight is 347 g/mol. The van der Waals surface area contributed by atoms with Crippen LogP contribution in [-0.4, -0.2) is 9.78 Å². The number of aryl methyl sites for hydroxylation is 2. The van der Waals surface area contributed by atoms with Crippen LogP contribution < -0.4 is 5.73 Å². The maximum absolute atomic E-state index is 6.15. The summed E-state index contributed by atoms with van der Waals surface area (Å²) in [6.45, 7) is 1.98. The van der Waals surface area contributed by atoms with Crippen LogP contribution in [0.15, 0.2) is 27.6 Å². The Morgan fingerprint density at radius 1 is 1.50 bits per heavy atom. The lowest BCUT2D eigenvalue weighted by molar-refractivity contribution is 0.727. The van der Waals surface area contributed by atoms with Gasteiger partial charge < -0.3 is 5.73 Å². The molecule has 2 rings (SSSR count). The van der Waals surface area contributed by atoms with Crippen molar-refractivity contribution in [1.82, 2.24) is 9.78 Å². The van der Waals surface area contributed by atoms with Crippen LogP contribution in [0.4, 0.5) is 5.69 Å². The number of nitrogens with two attached hydrogens (primary N) is 1. The van der Waals surface area contributed by atoms with E-state index in [1.54, 1.807) is 17.8 Å². The van der Waals surface area contributed by atoms with Crippen LogP contribution in [0.3, 0.4) is 0 Å². The van der Waals surface area contributed by atoms with Crippen molar-refractivity contribution in [3.8, 4) is 0 Å². The first-order valence-electron chi connectivity index (χ1n) is 5.35. The molecule has 0 saturated heterocycles. The highest BCUT2D eigenvalue weighted by molar-refractivity contribution is 9.10. The Labute approximate surface area is 124 Å². The topological polar surface area (TPSA) is 43.8 Å². The standard InChI is InChI=1S/C12H13BrClN3S/c1-7-12(13)10(17(2)16-7)6-18-11-4-3-8(15)5-9(11)14/h3-5H,6,15H2,1-2H3. The SMILES string of the molecule is Cc1nn(C)c(CSc2ccc(N)cc2Cl)c1Br. The molecule has 3 nitrogen and oxygen atoms in total. The highest BCUT2D eigenvalue weighted by Crippen LogP contribution is 2.33. The second kappa shape index (κ2) is 5.55. The van der Waals surface area contributed by atoms with Crippen molar-refractivity contribution in [2.45, 2.75) is 17.6 Å². The molecule has 0 atom stereocenters. The van der Waals surface area contributed by atoms with Crippen LogP contribution in [0.2, 0.25) is 5.02 Å². The maximum Gasteiger partial charge on any atom is 0.0738 e. The molecule has 0 amide bonds. The van der Waals surface area contributed by atoms with Gasteiger partial charge in [0.1, 0.15) is 0 Å². The number of aromatic nitrogens is 2. The summed E-state index contributed by atoms with van der Waals surface area (Å²) in [4.78, 5) is 1.02. The van der Waals surface area contributed by atoms with Crippen molar-refractivity contribution in [1.29, 1.82) is 0 Å². The zero-order chi connectivity index (χ0) is 13.3. The minimum Gasteiger partial charge on any atom is -0.399 e. The summed E-state index contributed by atoms with van der Waals surface area (Å²) in [5.41, 5.74) is 8.49. The Hall–Kier alpha value is -0.650. The molecule has 0 spiro atoms. The van der Waals surface area contributed by atoms with Crippen LogP contribution in [0.25, 0.3) is 0 Å². The predicted molar refractivity (Wildman–Crippen MR) is 81.1 cm³/mol. The number of nitrogens with zero attached hydrogens (tertiary/aromatic N) is 2. The number of thioether (sulfide) groups is 1. The molecule has 0 saturated carbocycles. The Kier molecular flexibility index (Phi) is 4.25. The van der Waals surface area contributed by atoms with Crippen LogP contribution in [0.1, 0.15) is 11.4 Å². The van der Waals surface area contributed by atoms with Gasteiger partial charge in [-0.15, -0.1) is 11.8 Å². The van der Waals surface area contributed by atoms with E-state index in [4.69, 9.17) is 17.3 Å². The first-order chi connectivity index (χ1) is 8.49. The fraction of sp³-hybridized carbons (Fsp3) is 0.250. The first kappa shape index (κ1) is 13.8. The van der Waals surface area contributed by atoms with Gasteiger partial charge in [0.25, 0.3) is 0 Å². The molecule has 2 aromatic rings. The quantitative estimate of drug-likeness (QED) is 0.674. The van der Waals surface area contributed by atoms with Crippen molar-refractivity contribution in [2.75, 3.05) is 5.73 Å². The summed E-state index contributed by atoms with van der Waals surface area (Å²) in [7, 11) is 1.94. The van der Waals surface area contributed by atoms with Crippen molar-refractivity contribution in [2.24, 2.45) is 7.05 Å². The molecule has 1 aromatic carbocycles. The largest absolute Gasteiger partial charge is 0.399 e. The summed E-state index contributed by atoms with van der Waals surface area (Å²) >= 11 is 11.4. The summed E-state index contributed by atoms with van der Waals surface area (Å²) in [6, 6.07) is 5.57. The van der Waals surface area contributed by atoms with E-state index in [0.29, 0.717) is 10.7 Å². The Bertz CT molecular complexity index is 583. The fourth-order valence-corrected chi connectivity index (χ4v) is 3.62. The Balaban J connectivity index is 2.16. The van der Waals surface area contributed by atoms with Crippen molar-refractivity contribution in [3.63, 3.8) is 0 Å². The molecule has 18 heavy (non-hydrogen) atoms. The number of hydrogen-bond acceptors (Lipinski definition) is 3. The van der Waals surface area contributed by atoms with E-state index in [1.807, 2.05) is 30.8 Å².